The number of nitrogens with zero attached hydrogens (tertiary/aromatic N) is 1. The van der Waals surface area contributed by atoms with Gasteiger partial charge in [-0.1, -0.05) is 18.2 Å². The van der Waals surface area contributed by atoms with Crippen molar-refractivity contribution in [1.29, 1.82) is 0 Å². The first-order chi connectivity index (χ1) is 8.54. The van der Waals surface area contributed by atoms with Gasteiger partial charge in [0.1, 0.15) is 0 Å². The monoisotopic (exact) mass is 255 g/mol. The smallest absolute Gasteiger partial charge is 0.435 e. The van der Waals surface area contributed by atoms with E-state index >= 15 is 0 Å². The summed E-state index contributed by atoms with van der Waals surface area (Å²) >= 11 is 0. The highest BCUT2D eigenvalue weighted by Crippen LogP contribution is 2.34. The summed E-state index contributed by atoms with van der Waals surface area (Å²) in [6.45, 7) is 0. The summed E-state index contributed by atoms with van der Waals surface area (Å²) in [4.78, 5) is 3.85. The Morgan fingerprint density at radius 3 is 2.17 bits per heavy atom. The van der Waals surface area contributed by atoms with Crippen LogP contribution in [-0.4, -0.2) is 11.3 Å². The molecule has 0 aliphatic rings. The Morgan fingerprint density at radius 2 is 1.56 bits per heavy atom. The van der Waals surface area contributed by atoms with Gasteiger partial charge in [-0.3, -0.25) is 0 Å². The lowest BCUT2D eigenvalue weighted by atomic mass is 10.3. The van der Waals surface area contributed by atoms with Gasteiger partial charge in [0.15, 0.2) is 11.5 Å². The van der Waals surface area contributed by atoms with Crippen LogP contribution in [0.1, 0.15) is 0 Å². The Bertz CT molecular complexity index is 514. The average molecular weight is 255 g/mol. The molecule has 2 aromatic rings. The van der Waals surface area contributed by atoms with E-state index < -0.39 is 12.1 Å². The number of benzene rings is 1. The van der Waals surface area contributed by atoms with Gasteiger partial charge in [0.2, 0.25) is 5.88 Å². The van der Waals surface area contributed by atoms with Crippen LogP contribution in [0.2, 0.25) is 0 Å². The van der Waals surface area contributed by atoms with Crippen LogP contribution in [-0.2, 0) is 0 Å². The van der Waals surface area contributed by atoms with Gasteiger partial charge in [-0.15, -0.1) is 13.2 Å². The van der Waals surface area contributed by atoms with E-state index in [1.807, 2.05) is 0 Å². The minimum atomic E-state index is -4.76. The maximum atomic E-state index is 12.2. The van der Waals surface area contributed by atoms with Crippen molar-refractivity contribution in [3.05, 3.63) is 48.7 Å². The van der Waals surface area contributed by atoms with Crippen LogP contribution in [0, 0.1) is 0 Å². The number of hydrogen-bond donors (Lipinski definition) is 0. The molecule has 0 atom stereocenters. The summed E-state index contributed by atoms with van der Waals surface area (Å²) in [6.07, 6.45) is -3.29. The van der Waals surface area contributed by atoms with Crippen LogP contribution in [0.4, 0.5) is 13.2 Å². The molecule has 0 aliphatic heterocycles. The van der Waals surface area contributed by atoms with Gasteiger partial charge in [-0.25, -0.2) is 4.98 Å². The summed E-state index contributed by atoms with van der Waals surface area (Å²) < 4.78 is 45.6. The van der Waals surface area contributed by atoms with Crippen molar-refractivity contribution in [3.8, 4) is 17.4 Å². The van der Waals surface area contributed by atoms with E-state index in [1.54, 1.807) is 18.2 Å². The summed E-state index contributed by atoms with van der Waals surface area (Å²) in [5.74, 6) is -0.264. The molecule has 0 saturated carbocycles. The van der Waals surface area contributed by atoms with Gasteiger partial charge in [-0.05, 0) is 18.2 Å². The molecule has 0 aliphatic carbocycles. The Labute approximate surface area is 101 Å². The largest absolute Gasteiger partial charge is 0.573 e. The molecule has 1 heterocycles. The molecule has 3 nitrogen and oxygen atoms in total. The highest BCUT2D eigenvalue weighted by molar-refractivity contribution is 5.41. The standard InChI is InChI=1S/C12H8F3NO2/c13-12(14,15)18-10-6-2-1-5-9(10)17-11-7-3-4-8-16-11/h1-8H. The predicted octanol–water partition coefficient (Wildman–Crippen LogP) is 3.77. The van der Waals surface area contributed by atoms with E-state index in [-0.39, 0.29) is 11.6 Å². The van der Waals surface area contributed by atoms with Crippen molar-refractivity contribution < 1.29 is 22.6 Å². The van der Waals surface area contributed by atoms with E-state index in [1.165, 1.54) is 30.5 Å². The molecule has 2 rings (SSSR count). The molecule has 0 saturated heterocycles. The third-order valence-corrected chi connectivity index (χ3v) is 1.93. The van der Waals surface area contributed by atoms with E-state index in [9.17, 15) is 13.2 Å². The topological polar surface area (TPSA) is 31.4 Å². The lowest BCUT2D eigenvalue weighted by molar-refractivity contribution is -0.275. The van der Waals surface area contributed by atoms with Crippen LogP contribution in [0.5, 0.6) is 17.4 Å². The summed E-state index contributed by atoms with van der Waals surface area (Å²) in [5.41, 5.74) is 0. The molecule has 0 amide bonds. The normalized spacial score (nSPS) is 11.1. The van der Waals surface area contributed by atoms with Crippen LogP contribution in [0.25, 0.3) is 0 Å². The number of halogens is 3. The van der Waals surface area contributed by atoms with Gasteiger partial charge < -0.3 is 9.47 Å². The first-order valence-corrected chi connectivity index (χ1v) is 4.98. The van der Waals surface area contributed by atoms with Crippen LogP contribution < -0.4 is 9.47 Å². The van der Waals surface area contributed by atoms with Gasteiger partial charge in [-0.2, -0.15) is 0 Å². The lowest BCUT2D eigenvalue weighted by Gasteiger charge is -2.12. The number of aromatic nitrogens is 1. The van der Waals surface area contributed by atoms with Crippen molar-refractivity contribution >= 4 is 0 Å². The zero-order valence-electron chi connectivity index (χ0n) is 9.02. The van der Waals surface area contributed by atoms with Crippen molar-refractivity contribution in [2.24, 2.45) is 0 Å². The fourth-order valence-electron chi connectivity index (χ4n) is 1.26. The second-order valence-corrected chi connectivity index (χ2v) is 3.26. The Morgan fingerprint density at radius 1 is 0.889 bits per heavy atom. The maximum absolute atomic E-state index is 12.2. The zero-order valence-corrected chi connectivity index (χ0v) is 9.02. The van der Waals surface area contributed by atoms with Crippen molar-refractivity contribution in [1.82, 2.24) is 4.98 Å². The van der Waals surface area contributed by atoms with E-state index in [0.717, 1.165) is 0 Å². The molecule has 0 unspecified atom stereocenters. The Balaban J connectivity index is 2.23. The molecule has 18 heavy (non-hydrogen) atoms. The maximum Gasteiger partial charge on any atom is 0.573 e. The first kappa shape index (κ1) is 12.2. The van der Waals surface area contributed by atoms with Crippen molar-refractivity contribution in [2.45, 2.75) is 6.36 Å². The fourth-order valence-corrected chi connectivity index (χ4v) is 1.26. The molecule has 0 spiro atoms. The Hall–Kier alpha value is -2.24. The number of pyridine rings is 1. The molecule has 6 heteroatoms. The molecule has 0 fully saturated rings. The number of rotatable bonds is 3. The van der Waals surface area contributed by atoms with Gasteiger partial charge in [0, 0.05) is 12.3 Å². The predicted molar refractivity (Wildman–Crippen MR) is 57.4 cm³/mol. The minimum absolute atomic E-state index is 0.0477. The second kappa shape index (κ2) is 4.95. The van der Waals surface area contributed by atoms with Crippen LogP contribution in [0.15, 0.2) is 48.7 Å². The third-order valence-electron chi connectivity index (χ3n) is 1.93. The average Bonchev–Trinajstić information content (AvgIpc) is 2.31. The quantitative estimate of drug-likeness (QED) is 0.836. The number of hydrogen-bond acceptors (Lipinski definition) is 3. The highest BCUT2D eigenvalue weighted by Gasteiger charge is 2.32. The molecule has 1 aromatic carbocycles. The molecule has 0 radical (unpaired) electrons. The molecule has 1 aromatic heterocycles. The van der Waals surface area contributed by atoms with E-state index in [2.05, 4.69) is 9.72 Å². The molecular weight excluding hydrogens is 247 g/mol. The summed E-state index contributed by atoms with van der Waals surface area (Å²) in [6, 6.07) is 10.4. The van der Waals surface area contributed by atoms with E-state index in [0.29, 0.717) is 0 Å². The van der Waals surface area contributed by atoms with Crippen molar-refractivity contribution in [3.63, 3.8) is 0 Å². The third kappa shape index (κ3) is 3.38. The number of ether oxygens (including phenoxy) is 2. The first-order valence-electron chi connectivity index (χ1n) is 4.98. The molecule has 94 valence electrons. The van der Waals surface area contributed by atoms with Crippen LogP contribution >= 0.6 is 0 Å². The van der Waals surface area contributed by atoms with Gasteiger partial charge in [0.25, 0.3) is 0 Å². The number of alkyl halides is 3. The van der Waals surface area contributed by atoms with Gasteiger partial charge >= 0.3 is 6.36 Å². The fraction of sp³-hybridized carbons (Fsp3) is 0.0833. The number of para-hydroxylation sites is 2. The Kier molecular flexibility index (Phi) is 3.36. The lowest BCUT2D eigenvalue weighted by Crippen LogP contribution is -2.17. The second-order valence-electron chi connectivity index (χ2n) is 3.26. The van der Waals surface area contributed by atoms with Crippen LogP contribution in [0.3, 0.4) is 0 Å². The minimum Gasteiger partial charge on any atom is -0.435 e. The summed E-state index contributed by atoms with van der Waals surface area (Å²) in [5, 5.41) is 0. The molecular formula is C12H8F3NO2. The SMILES string of the molecule is FC(F)(F)Oc1ccccc1Oc1ccccn1. The van der Waals surface area contributed by atoms with Gasteiger partial charge in [0.05, 0.1) is 0 Å². The van der Waals surface area contributed by atoms with Crippen molar-refractivity contribution in [2.75, 3.05) is 0 Å². The summed E-state index contributed by atoms with van der Waals surface area (Å²) in [7, 11) is 0. The molecule has 0 N–H and O–H groups in total. The highest BCUT2D eigenvalue weighted by atomic mass is 19.4. The molecule has 0 bridgehead atoms. The zero-order chi connectivity index (χ0) is 13.0. The van der Waals surface area contributed by atoms with E-state index in [4.69, 9.17) is 4.74 Å².